The minimum Gasteiger partial charge on any atom is -0.478 e. The summed E-state index contributed by atoms with van der Waals surface area (Å²) in [4.78, 5) is 10.5. The molecule has 1 N–H and O–H groups in total. The summed E-state index contributed by atoms with van der Waals surface area (Å²) in [7, 11) is 0. The molecule has 0 amide bonds. The van der Waals surface area contributed by atoms with E-state index in [1.54, 1.807) is 6.08 Å². The van der Waals surface area contributed by atoms with Crippen molar-refractivity contribution in [2.24, 2.45) is 0 Å². The molecule has 0 aliphatic rings. The summed E-state index contributed by atoms with van der Waals surface area (Å²) in [6, 6.07) is 0. The molecule has 3 heteroatoms. The van der Waals surface area contributed by atoms with E-state index in [1.807, 2.05) is 0 Å². The van der Waals surface area contributed by atoms with Gasteiger partial charge in [0.15, 0.2) is 0 Å². The van der Waals surface area contributed by atoms with E-state index in [4.69, 9.17) is 5.11 Å². The van der Waals surface area contributed by atoms with Crippen LogP contribution in [0.1, 0.15) is 32.6 Å². The number of carboxylic acid groups (broad SMARTS) is 1. The second-order valence-electron chi connectivity index (χ2n) is 2.66. The second kappa shape index (κ2) is 7.35. The van der Waals surface area contributed by atoms with Crippen LogP contribution in [0.25, 0.3) is 0 Å². The lowest BCUT2D eigenvalue weighted by Crippen LogP contribution is -2.01. The molecule has 12 heavy (non-hydrogen) atoms. The molecule has 0 rings (SSSR count). The lowest BCUT2D eigenvalue weighted by molar-refractivity contribution is -0.132. The molecular formula is C9H15BrO2. The van der Waals surface area contributed by atoms with Gasteiger partial charge in [-0.3, -0.25) is 0 Å². The van der Waals surface area contributed by atoms with Crippen LogP contribution in [0, 0.1) is 0 Å². The first kappa shape index (κ1) is 11.7. The maximum absolute atomic E-state index is 10.5. The number of carboxylic acids is 1. The van der Waals surface area contributed by atoms with Gasteiger partial charge in [-0.2, -0.15) is 0 Å². The summed E-state index contributed by atoms with van der Waals surface area (Å²) in [5.41, 5.74) is 0.464. The van der Waals surface area contributed by atoms with Crippen LogP contribution in [0.3, 0.4) is 0 Å². The standard InChI is InChI=1S/C9H15BrO2/c1-2-3-4-5-6-8(7-10)9(11)12/h6H,2-5,7H2,1H3,(H,11,12). The van der Waals surface area contributed by atoms with Crippen molar-refractivity contribution in [3.05, 3.63) is 11.6 Å². The Morgan fingerprint density at radius 3 is 2.58 bits per heavy atom. The molecule has 0 aromatic rings. The van der Waals surface area contributed by atoms with Crippen LogP contribution in [-0.4, -0.2) is 16.4 Å². The highest BCUT2D eigenvalue weighted by molar-refractivity contribution is 9.09. The zero-order valence-electron chi connectivity index (χ0n) is 7.35. The van der Waals surface area contributed by atoms with E-state index in [1.165, 1.54) is 12.8 Å². The molecule has 0 aromatic carbocycles. The fraction of sp³-hybridized carbons (Fsp3) is 0.667. The smallest absolute Gasteiger partial charge is 0.332 e. The Kier molecular flexibility index (Phi) is 7.16. The third-order valence-corrected chi connectivity index (χ3v) is 2.22. The van der Waals surface area contributed by atoms with E-state index in [0.717, 1.165) is 12.8 Å². The lowest BCUT2D eigenvalue weighted by atomic mass is 10.1. The Balaban J connectivity index is 3.71. The summed E-state index contributed by atoms with van der Waals surface area (Å²) in [6.45, 7) is 2.13. The van der Waals surface area contributed by atoms with Gasteiger partial charge in [0.05, 0.1) is 0 Å². The fourth-order valence-electron chi connectivity index (χ4n) is 0.870. The highest BCUT2D eigenvalue weighted by Crippen LogP contribution is 2.06. The number of aliphatic carboxylic acids is 1. The monoisotopic (exact) mass is 234 g/mol. The lowest BCUT2D eigenvalue weighted by Gasteiger charge is -1.96. The number of unbranched alkanes of at least 4 members (excludes halogenated alkanes) is 3. The quantitative estimate of drug-likeness (QED) is 0.436. The zero-order chi connectivity index (χ0) is 9.40. The molecule has 0 radical (unpaired) electrons. The van der Waals surface area contributed by atoms with Crippen LogP contribution in [0.5, 0.6) is 0 Å². The van der Waals surface area contributed by atoms with Crippen LogP contribution in [0.2, 0.25) is 0 Å². The Hall–Kier alpha value is -0.310. The summed E-state index contributed by atoms with van der Waals surface area (Å²) < 4.78 is 0. The number of alkyl halides is 1. The first-order valence-corrected chi connectivity index (χ1v) is 5.32. The normalized spacial score (nSPS) is 11.7. The van der Waals surface area contributed by atoms with Crippen molar-refractivity contribution < 1.29 is 9.90 Å². The van der Waals surface area contributed by atoms with Crippen LogP contribution in [0.15, 0.2) is 11.6 Å². The molecule has 0 atom stereocenters. The number of hydrogen-bond donors (Lipinski definition) is 1. The summed E-state index contributed by atoms with van der Waals surface area (Å²) >= 11 is 3.14. The first-order valence-electron chi connectivity index (χ1n) is 4.20. The average molecular weight is 235 g/mol. The third-order valence-electron chi connectivity index (χ3n) is 1.62. The molecule has 0 saturated carbocycles. The summed E-state index contributed by atoms with van der Waals surface area (Å²) in [6.07, 6.45) is 6.10. The molecule has 0 fully saturated rings. The van der Waals surface area contributed by atoms with Crippen LogP contribution in [0.4, 0.5) is 0 Å². The van der Waals surface area contributed by atoms with E-state index in [2.05, 4.69) is 22.9 Å². The van der Waals surface area contributed by atoms with Gasteiger partial charge in [0.2, 0.25) is 0 Å². The van der Waals surface area contributed by atoms with Gasteiger partial charge in [0, 0.05) is 10.9 Å². The Morgan fingerprint density at radius 1 is 1.50 bits per heavy atom. The van der Waals surface area contributed by atoms with Crippen molar-refractivity contribution in [1.82, 2.24) is 0 Å². The van der Waals surface area contributed by atoms with Crippen molar-refractivity contribution in [2.45, 2.75) is 32.6 Å². The molecule has 0 aliphatic heterocycles. The van der Waals surface area contributed by atoms with Crippen molar-refractivity contribution in [3.8, 4) is 0 Å². The summed E-state index contributed by atoms with van der Waals surface area (Å²) in [5.74, 6) is -0.816. The molecule has 0 spiro atoms. The number of hydrogen-bond acceptors (Lipinski definition) is 1. The van der Waals surface area contributed by atoms with Crippen LogP contribution < -0.4 is 0 Å². The number of allylic oxidation sites excluding steroid dienone is 1. The SMILES string of the molecule is CCCCCC=C(CBr)C(=O)O. The largest absolute Gasteiger partial charge is 0.478 e. The molecule has 0 aliphatic carbocycles. The molecule has 0 heterocycles. The highest BCUT2D eigenvalue weighted by Gasteiger charge is 2.02. The first-order chi connectivity index (χ1) is 5.72. The number of halogens is 1. The topological polar surface area (TPSA) is 37.3 Å². The van der Waals surface area contributed by atoms with E-state index >= 15 is 0 Å². The second-order valence-corrected chi connectivity index (χ2v) is 3.22. The van der Waals surface area contributed by atoms with Crippen molar-refractivity contribution >= 4 is 21.9 Å². The molecule has 0 unspecified atom stereocenters. The van der Waals surface area contributed by atoms with Gasteiger partial charge in [0.25, 0.3) is 0 Å². The predicted molar refractivity (Wildman–Crippen MR) is 53.7 cm³/mol. The zero-order valence-corrected chi connectivity index (χ0v) is 8.93. The highest BCUT2D eigenvalue weighted by atomic mass is 79.9. The third kappa shape index (κ3) is 5.35. The number of rotatable bonds is 6. The Bertz CT molecular complexity index is 164. The summed E-state index contributed by atoms with van der Waals surface area (Å²) in [5, 5.41) is 9.07. The maximum Gasteiger partial charge on any atom is 0.332 e. The fourth-order valence-corrected chi connectivity index (χ4v) is 1.34. The molecule has 2 nitrogen and oxygen atoms in total. The van der Waals surface area contributed by atoms with Gasteiger partial charge in [-0.05, 0) is 12.8 Å². The van der Waals surface area contributed by atoms with E-state index in [0.29, 0.717) is 10.9 Å². The molecule has 0 saturated heterocycles. The molecular weight excluding hydrogens is 220 g/mol. The maximum atomic E-state index is 10.5. The Labute approximate surface area is 81.8 Å². The van der Waals surface area contributed by atoms with Crippen LogP contribution in [-0.2, 0) is 4.79 Å². The molecule has 0 bridgehead atoms. The Morgan fingerprint density at radius 2 is 2.17 bits per heavy atom. The van der Waals surface area contributed by atoms with Crippen molar-refractivity contribution in [1.29, 1.82) is 0 Å². The minimum absolute atomic E-state index is 0.439. The van der Waals surface area contributed by atoms with Crippen LogP contribution >= 0.6 is 15.9 Å². The van der Waals surface area contributed by atoms with Gasteiger partial charge in [-0.25, -0.2) is 4.79 Å². The van der Waals surface area contributed by atoms with Gasteiger partial charge in [-0.15, -0.1) is 0 Å². The van der Waals surface area contributed by atoms with Gasteiger partial charge < -0.3 is 5.11 Å². The minimum atomic E-state index is -0.816. The van der Waals surface area contributed by atoms with E-state index in [9.17, 15) is 4.79 Å². The van der Waals surface area contributed by atoms with Crippen molar-refractivity contribution in [2.75, 3.05) is 5.33 Å². The van der Waals surface area contributed by atoms with E-state index in [-0.39, 0.29) is 0 Å². The van der Waals surface area contributed by atoms with E-state index < -0.39 is 5.97 Å². The van der Waals surface area contributed by atoms with Gasteiger partial charge in [0.1, 0.15) is 0 Å². The average Bonchev–Trinajstić information content (AvgIpc) is 2.04. The predicted octanol–water partition coefficient (Wildman–Crippen LogP) is 2.97. The van der Waals surface area contributed by atoms with Crippen molar-refractivity contribution in [3.63, 3.8) is 0 Å². The number of carbonyl (C=O) groups is 1. The van der Waals surface area contributed by atoms with Gasteiger partial charge >= 0.3 is 5.97 Å². The molecule has 70 valence electrons. The molecule has 0 aromatic heterocycles. The van der Waals surface area contributed by atoms with Gasteiger partial charge in [-0.1, -0.05) is 41.8 Å².